The van der Waals surface area contributed by atoms with E-state index in [1.807, 2.05) is 18.2 Å². The number of hydrogen-bond acceptors (Lipinski definition) is 5. The summed E-state index contributed by atoms with van der Waals surface area (Å²) in [7, 11) is 0. The number of hydrogen-bond donors (Lipinski definition) is 5. The van der Waals surface area contributed by atoms with E-state index < -0.39 is 23.9 Å². The Morgan fingerprint density at radius 3 is 2.18 bits per heavy atom. The van der Waals surface area contributed by atoms with Gasteiger partial charge in [0.15, 0.2) is 0 Å². The second kappa shape index (κ2) is 13.7. The van der Waals surface area contributed by atoms with E-state index in [2.05, 4.69) is 28.2 Å². The van der Waals surface area contributed by atoms with E-state index >= 15 is 0 Å². The van der Waals surface area contributed by atoms with Gasteiger partial charge in [0, 0.05) is 10.9 Å². The molecule has 0 saturated heterocycles. The average Bonchev–Trinajstić information content (AvgIpc) is 3.47. The molecule has 0 spiro atoms. The number of rotatable bonds is 11. The van der Waals surface area contributed by atoms with E-state index in [-0.39, 0.29) is 6.04 Å². The molecule has 3 amide bonds. The predicted octanol–water partition coefficient (Wildman–Crippen LogP) is 5.47. The quantitative estimate of drug-likeness (QED) is 0.235. The Labute approximate surface area is 234 Å². The molecule has 1 atom stereocenters. The molecule has 0 bridgehead atoms. The van der Waals surface area contributed by atoms with Crippen molar-refractivity contribution in [2.75, 3.05) is 0 Å². The van der Waals surface area contributed by atoms with Gasteiger partial charge in [-0.15, -0.1) is 0 Å². The van der Waals surface area contributed by atoms with Gasteiger partial charge in [-0.1, -0.05) is 68.5 Å². The van der Waals surface area contributed by atoms with E-state index in [1.54, 1.807) is 12.1 Å². The van der Waals surface area contributed by atoms with Crippen LogP contribution in [0.4, 0.5) is 4.79 Å². The largest absolute Gasteiger partial charge is 0.480 e. The second-order valence-electron chi connectivity index (χ2n) is 10.5. The summed E-state index contributed by atoms with van der Waals surface area (Å²) in [5.74, 6) is -0.963. The number of nitrogens with two attached hydrogens (primary N) is 2. The van der Waals surface area contributed by atoms with Crippen LogP contribution >= 0.6 is 11.9 Å². The highest BCUT2D eigenvalue weighted by atomic mass is 32.2. The molecule has 39 heavy (non-hydrogen) atoms. The monoisotopic (exact) mass is 550 g/mol. The molecular formula is C30H38N4O4S. The number of aliphatic carboxylic acids is 1. The van der Waals surface area contributed by atoms with Crippen LogP contribution in [0.5, 0.6) is 0 Å². The van der Waals surface area contributed by atoms with Crippen LogP contribution < -0.4 is 21.5 Å². The third kappa shape index (κ3) is 7.86. The normalized spacial score (nSPS) is 17.6. The molecule has 208 valence electrons. The minimum Gasteiger partial charge on any atom is -0.480 e. The molecular weight excluding hydrogens is 512 g/mol. The Morgan fingerprint density at radius 1 is 0.923 bits per heavy atom. The highest BCUT2D eigenvalue weighted by Crippen LogP contribution is 2.38. The van der Waals surface area contributed by atoms with E-state index in [9.17, 15) is 19.5 Å². The molecule has 2 aliphatic carbocycles. The average molecular weight is 551 g/mol. The molecule has 2 saturated carbocycles. The highest BCUT2D eigenvalue weighted by molar-refractivity contribution is 7.98. The summed E-state index contributed by atoms with van der Waals surface area (Å²) < 4.78 is 2.41. The van der Waals surface area contributed by atoms with Gasteiger partial charge in [0.25, 0.3) is 0 Å². The zero-order valence-electron chi connectivity index (χ0n) is 22.2. The Balaban J connectivity index is 1.55. The first-order valence-corrected chi connectivity index (χ1v) is 14.6. The molecule has 2 aromatic rings. The molecule has 8 nitrogen and oxygen atoms in total. The van der Waals surface area contributed by atoms with Crippen LogP contribution in [-0.2, 0) is 4.79 Å². The van der Waals surface area contributed by atoms with Crippen LogP contribution in [0.25, 0.3) is 16.7 Å². The minimum absolute atomic E-state index is 0.282. The summed E-state index contributed by atoms with van der Waals surface area (Å²) in [4.78, 5) is 35.7. The lowest BCUT2D eigenvalue weighted by Gasteiger charge is -2.26. The summed E-state index contributed by atoms with van der Waals surface area (Å²) in [5.41, 5.74) is 15.1. The lowest BCUT2D eigenvalue weighted by molar-refractivity contribution is -0.139. The number of allylic oxidation sites excluding steroid dienone is 1. The van der Waals surface area contributed by atoms with Crippen LogP contribution in [0, 0.1) is 5.92 Å². The van der Waals surface area contributed by atoms with Gasteiger partial charge in [0.2, 0.25) is 5.91 Å². The van der Waals surface area contributed by atoms with Gasteiger partial charge in [-0.25, -0.2) is 4.79 Å². The predicted molar refractivity (Wildman–Crippen MR) is 155 cm³/mol. The smallest absolute Gasteiger partial charge is 0.322 e. The Kier molecular flexibility index (Phi) is 10.1. The number of carboxylic acid groups (broad SMARTS) is 1. The summed E-state index contributed by atoms with van der Waals surface area (Å²) in [6.07, 6.45) is 12.8. The van der Waals surface area contributed by atoms with Crippen LogP contribution in [0.15, 0.2) is 53.4 Å². The minimum atomic E-state index is -0.796. The first kappa shape index (κ1) is 28.7. The molecule has 4 rings (SSSR count). The molecule has 0 aliphatic heterocycles. The van der Waals surface area contributed by atoms with Crippen LogP contribution in [0.2, 0.25) is 0 Å². The van der Waals surface area contributed by atoms with Crippen molar-refractivity contribution in [3.05, 3.63) is 59.7 Å². The maximum absolute atomic E-state index is 12.1. The number of benzene rings is 2. The molecule has 0 radical (unpaired) electrons. The molecule has 2 aliphatic rings. The van der Waals surface area contributed by atoms with Crippen molar-refractivity contribution < 1.29 is 19.5 Å². The van der Waals surface area contributed by atoms with Crippen molar-refractivity contribution in [3.63, 3.8) is 0 Å². The van der Waals surface area contributed by atoms with E-state index in [0.717, 1.165) is 67.2 Å². The van der Waals surface area contributed by atoms with Gasteiger partial charge >= 0.3 is 12.0 Å². The van der Waals surface area contributed by atoms with Crippen LogP contribution in [0.3, 0.4) is 0 Å². The zero-order valence-corrected chi connectivity index (χ0v) is 23.0. The van der Waals surface area contributed by atoms with Gasteiger partial charge in [0.1, 0.15) is 6.04 Å². The van der Waals surface area contributed by atoms with Crippen LogP contribution in [0.1, 0.15) is 80.1 Å². The van der Waals surface area contributed by atoms with Crippen molar-refractivity contribution in [2.24, 2.45) is 17.4 Å². The fourth-order valence-electron chi connectivity index (χ4n) is 5.75. The number of nitrogens with one attached hydrogen (secondary N) is 2. The van der Waals surface area contributed by atoms with Crippen molar-refractivity contribution in [1.82, 2.24) is 10.0 Å². The SMILES string of the molecule is NC(=O)NSc1ccc(-c2ccc(/C(=C/C[C@@H](NC3CCCCC3)C(=O)O)C3CCCC3)cc2)cc1C(N)=O. The fraction of sp³-hybridized carbons (Fsp3) is 0.433. The number of urea groups is 1. The topological polar surface area (TPSA) is 148 Å². The number of amides is 3. The fourth-order valence-corrected chi connectivity index (χ4v) is 6.36. The third-order valence-corrected chi connectivity index (χ3v) is 8.65. The molecule has 0 heterocycles. The van der Waals surface area contributed by atoms with Gasteiger partial charge < -0.3 is 21.9 Å². The maximum Gasteiger partial charge on any atom is 0.322 e. The standard InChI is InChI=1S/C30H38N4O4S/c31-28(35)25-18-22(14-17-27(25)39-34-30(32)38)19-10-12-21(13-11-19)24(20-6-4-5-7-20)15-16-26(29(36)37)33-23-8-2-1-3-9-23/h10-15,17-18,20,23,26,33H,1-9,16H2,(H2,31,35)(H,36,37)(H3,32,34,38)/b24-15+/t26-/m1/s1. The molecule has 9 heteroatoms. The molecule has 7 N–H and O–H groups in total. The molecule has 2 aromatic carbocycles. The number of carbonyl (C=O) groups is 3. The molecule has 0 aromatic heterocycles. The number of carboxylic acids is 1. The van der Waals surface area contributed by atoms with E-state index in [1.165, 1.54) is 24.8 Å². The molecule has 0 unspecified atom stereocenters. The van der Waals surface area contributed by atoms with Gasteiger partial charge in [0.05, 0.1) is 5.56 Å². The summed E-state index contributed by atoms with van der Waals surface area (Å²) in [5, 5.41) is 13.3. The van der Waals surface area contributed by atoms with Gasteiger partial charge in [-0.3, -0.25) is 14.3 Å². The van der Waals surface area contributed by atoms with Crippen molar-refractivity contribution in [1.29, 1.82) is 0 Å². The summed E-state index contributed by atoms with van der Waals surface area (Å²) in [6.45, 7) is 0. The number of primary amides is 2. The van der Waals surface area contributed by atoms with Gasteiger partial charge in [-0.05, 0) is 84.4 Å². The maximum atomic E-state index is 12.1. The summed E-state index contributed by atoms with van der Waals surface area (Å²) in [6, 6.07) is 12.5. The van der Waals surface area contributed by atoms with Crippen molar-refractivity contribution in [3.8, 4) is 11.1 Å². The Morgan fingerprint density at radius 2 is 1.56 bits per heavy atom. The Hall–Kier alpha value is -3.30. The second-order valence-corrected chi connectivity index (χ2v) is 11.3. The zero-order chi connectivity index (χ0) is 27.8. The number of carbonyl (C=O) groups excluding carboxylic acids is 2. The van der Waals surface area contributed by atoms with Crippen molar-refractivity contribution >= 4 is 35.4 Å². The lowest BCUT2D eigenvalue weighted by Crippen LogP contribution is -2.43. The van der Waals surface area contributed by atoms with Crippen LogP contribution in [-0.4, -0.2) is 35.1 Å². The Bertz CT molecular complexity index is 1200. The van der Waals surface area contributed by atoms with Gasteiger partial charge in [-0.2, -0.15) is 0 Å². The third-order valence-electron chi connectivity index (χ3n) is 7.77. The van der Waals surface area contributed by atoms with E-state index in [0.29, 0.717) is 22.8 Å². The van der Waals surface area contributed by atoms with Crippen molar-refractivity contribution in [2.45, 2.75) is 81.2 Å². The highest BCUT2D eigenvalue weighted by Gasteiger charge is 2.25. The first-order chi connectivity index (χ1) is 18.8. The van der Waals surface area contributed by atoms with E-state index in [4.69, 9.17) is 11.5 Å². The molecule has 2 fully saturated rings. The lowest BCUT2D eigenvalue weighted by atomic mass is 9.88. The first-order valence-electron chi connectivity index (χ1n) is 13.8. The summed E-state index contributed by atoms with van der Waals surface area (Å²) >= 11 is 0.949.